The number of β-amino-alcohol motifs (C(OH)–C–C–N with tert-alkyl or cyclic N) is 1. The van der Waals surface area contributed by atoms with Gasteiger partial charge in [0.25, 0.3) is 0 Å². The number of hydrogen-bond acceptors (Lipinski definition) is 4. The summed E-state index contributed by atoms with van der Waals surface area (Å²) in [5.41, 5.74) is 4.54. The van der Waals surface area contributed by atoms with Gasteiger partial charge in [-0.3, -0.25) is 4.90 Å². The highest BCUT2D eigenvalue weighted by atomic mass is 19.1. The number of rotatable bonds is 6. The zero-order chi connectivity index (χ0) is 19.4. The predicted octanol–water partition coefficient (Wildman–Crippen LogP) is 3.31. The Bertz CT molecular complexity index is 756. The lowest BCUT2D eigenvalue weighted by atomic mass is 10.1. The highest BCUT2D eigenvalue weighted by Gasteiger charge is 2.20. The maximum Gasteiger partial charge on any atom is 0.123 e. The molecule has 2 aromatic carbocycles. The van der Waals surface area contributed by atoms with Crippen molar-refractivity contribution in [2.45, 2.75) is 26.9 Å². The second-order valence-corrected chi connectivity index (χ2v) is 7.43. The number of hydrogen-bond donors (Lipinski definition) is 1. The van der Waals surface area contributed by atoms with E-state index in [2.05, 4.69) is 29.7 Å². The fraction of sp³-hybridized carbons (Fsp3) is 0.455. The Morgan fingerprint density at radius 3 is 2.37 bits per heavy atom. The van der Waals surface area contributed by atoms with Crippen LogP contribution in [0.25, 0.3) is 0 Å². The minimum atomic E-state index is -0.525. The molecular weight excluding hydrogens is 343 g/mol. The van der Waals surface area contributed by atoms with Crippen LogP contribution in [0, 0.1) is 26.6 Å². The van der Waals surface area contributed by atoms with E-state index >= 15 is 0 Å². The summed E-state index contributed by atoms with van der Waals surface area (Å²) in [6.07, 6.45) is -0.525. The number of ether oxygens (including phenoxy) is 1. The summed E-state index contributed by atoms with van der Waals surface area (Å²) in [5, 5.41) is 10.4. The van der Waals surface area contributed by atoms with Crippen LogP contribution in [0.5, 0.6) is 5.75 Å². The molecule has 1 aliphatic heterocycles. The molecule has 0 amide bonds. The van der Waals surface area contributed by atoms with Gasteiger partial charge in [0.15, 0.2) is 0 Å². The predicted molar refractivity (Wildman–Crippen MR) is 107 cm³/mol. The molecule has 1 heterocycles. The average Bonchev–Trinajstić information content (AvgIpc) is 2.65. The molecule has 0 aromatic heterocycles. The molecule has 27 heavy (non-hydrogen) atoms. The molecule has 146 valence electrons. The van der Waals surface area contributed by atoms with Crippen molar-refractivity contribution in [3.63, 3.8) is 0 Å². The van der Waals surface area contributed by atoms with E-state index in [4.69, 9.17) is 4.74 Å². The first-order valence-corrected chi connectivity index (χ1v) is 9.54. The fourth-order valence-electron chi connectivity index (χ4n) is 3.53. The molecule has 0 aliphatic carbocycles. The van der Waals surface area contributed by atoms with E-state index in [9.17, 15) is 9.50 Å². The fourth-order valence-corrected chi connectivity index (χ4v) is 3.53. The molecule has 2 aromatic rings. The Morgan fingerprint density at radius 1 is 1.04 bits per heavy atom. The maximum atomic E-state index is 13.1. The second kappa shape index (κ2) is 8.72. The monoisotopic (exact) mass is 372 g/mol. The van der Waals surface area contributed by atoms with Crippen LogP contribution in [-0.2, 0) is 0 Å². The molecule has 0 bridgehead atoms. The lowest BCUT2D eigenvalue weighted by molar-refractivity contribution is 0.0660. The Hall–Kier alpha value is -2.11. The van der Waals surface area contributed by atoms with E-state index in [-0.39, 0.29) is 5.82 Å². The van der Waals surface area contributed by atoms with Gasteiger partial charge in [-0.15, -0.1) is 0 Å². The summed E-state index contributed by atoms with van der Waals surface area (Å²) in [7, 11) is 0. The molecule has 1 unspecified atom stereocenters. The molecule has 1 aliphatic rings. The van der Waals surface area contributed by atoms with E-state index in [1.807, 2.05) is 25.1 Å². The van der Waals surface area contributed by atoms with Gasteiger partial charge in [0.1, 0.15) is 24.3 Å². The molecule has 3 rings (SSSR count). The normalized spacial score (nSPS) is 16.4. The van der Waals surface area contributed by atoms with Crippen molar-refractivity contribution in [3.8, 4) is 5.75 Å². The first-order chi connectivity index (χ1) is 12.9. The van der Waals surface area contributed by atoms with Gasteiger partial charge in [-0.25, -0.2) is 4.39 Å². The Kier molecular flexibility index (Phi) is 6.34. The lowest BCUT2D eigenvalue weighted by Gasteiger charge is -2.36. The average molecular weight is 372 g/mol. The molecular formula is C22H29FN2O2. The van der Waals surface area contributed by atoms with Crippen molar-refractivity contribution in [3.05, 3.63) is 58.9 Å². The zero-order valence-electron chi connectivity index (χ0n) is 16.4. The molecule has 1 saturated heterocycles. The molecule has 1 fully saturated rings. The van der Waals surface area contributed by atoms with Gasteiger partial charge in [-0.1, -0.05) is 6.07 Å². The number of anilines is 1. The molecule has 4 nitrogen and oxygen atoms in total. The molecule has 0 spiro atoms. The van der Waals surface area contributed by atoms with Gasteiger partial charge < -0.3 is 14.7 Å². The Morgan fingerprint density at radius 2 is 1.70 bits per heavy atom. The molecule has 0 saturated carbocycles. The minimum Gasteiger partial charge on any atom is -0.491 e. The third kappa shape index (κ3) is 5.21. The molecule has 1 N–H and O–H groups in total. The lowest BCUT2D eigenvalue weighted by Crippen LogP contribution is -2.49. The van der Waals surface area contributed by atoms with Gasteiger partial charge in [0.2, 0.25) is 0 Å². The smallest absolute Gasteiger partial charge is 0.123 e. The highest BCUT2D eigenvalue weighted by molar-refractivity contribution is 5.46. The van der Waals surface area contributed by atoms with Crippen molar-refractivity contribution < 1.29 is 14.2 Å². The van der Waals surface area contributed by atoms with Crippen LogP contribution in [0.3, 0.4) is 0 Å². The zero-order valence-corrected chi connectivity index (χ0v) is 16.4. The largest absolute Gasteiger partial charge is 0.491 e. The third-order valence-corrected chi connectivity index (χ3v) is 5.23. The first kappa shape index (κ1) is 19.6. The number of nitrogens with zero attached hydrogens (tertiary/aromatic N) is 2. The third-order valence-electron chi connectivity index (χ3n) is 5.23. The summed E-state index contributed by atoms with van der Waals surface area (Å²) in [6.45, 7) is 10.6. The van der Waals surface area contributed by atoms with Gasteiger partial charge in [0, 0.05) is 38.4 Å². The van der Waals surface area contributed by atoms with Crippen LogP contribution >= 0.6 is 0 Å². The van der Waals surface area contributed by atoms with E-state index < -0.39 is 6.10 Å². The van der Waals surface area contributed by atoms with Gasteiger partial charge in [-0.2, -0.15) is 0 Å². The Labute approximate surface area is 161 Å². The number of benzene rings is 2. The summed E-state index contributed by atoms with van der Waals surface area (Å²) in [6, 6.07) is 10.8. The molecule has 1 atom stereocenters. The van der Waals surface area contributed by atoms with Crippen LogP contribution in [-0.4, -0.2) is 55.4 Å². The number of aliphatic hydroxyl groups excluding tert-OH is 1. The highest BCUT2D eigenvalue weighted by Crippen LogP contribution is 2.23. The van der Waals surface area contributed by atoms with Crippen LogP contribution < -0.4 is 9.64 Å². The van der Waals surface area contributed by atoms with Gasteiger partial charge >= 0.3 is 0 Å². The maximum absolute atomic E-state index is 13.1. The SMILES string of the molecule is Cc1cc(C)c(C)c(OCC(O)CN2CCN(c3ccc(F)cc3)CC2)c1. The van der Waals surface area contributed by atoms with Gasteiger partial charge in [0.05, 0.1) is 0 Å². The van der Waals surface area contributed by atoms with Crippen molar-refractivity contribution >= 4 is 5.69 Å². The first-order valence-electron chi connectivity index (χ1n) is 9.54. The quantitative estimate of drug-likeness (QED) is 0.844. The van der Waals surface area contributed by atoms with Crippen LogP contribution in [0.2, 0.25) is 0 Å². The van der Waals surface area contributed by atoms with Crippen molar-refractivity contribution in [1.29, 1.82) is 0 Å². The van der Waals surface area contributed by atoms with E-state index in [0.29, 0.717) is 13.2 Å². The van der Waals surface area contributed by atoms with E-state index in [0.717, 1.165) is 43.2 Å². The van der Waals surface area contributed by atoms with Crippen LogP contribution in [0.1, 0.15) is 16.7 Å². The van der Waals surface area contributed by atoms with Crippen molar-refractivity contribution in [2.75, 3.05) is 44.2 Å². The van der Waals surface area contributed by atoms with E-state index in [1.165, 1.54) is 23.3 Å². The topological polar surface area (TPSA) is 35.9 Å². The molecule has 0 radical (unpaired) electrons. The second-order valence-electron chi connectivity index (χ2n) is 7.43. The van der Waals surface area contributed by atoms with E-state index in [1.54, 1.807) is 0 Å². The molecule has 5 heteroatoms. The van der Waals surface area contributed by atoms with Crippen molar-refractivity contribution in [2.24, 2.45) is 0 Å². The van der Waals surface area contributed by atoms with Crippen molar-refractivity contribution in [1.82, 2.24) is 4.90 Å². The number of aryl methyl sites for hydroxylation is 2. The number of halogens is 1. The summed E-state index contributed by atoms with van der Waals surface area (Å²) in [4.78, 5) is 4.50. The van der Waals surface area contributed by atoms with Crippen LogP contribution in [0.4, 0.5) is 10.1 Å². The minimum absolute atomic E-state index is 0.209. The number of piperazine rings is 1. The van der Waals surface area contributed by atoms with Crippen LogP contribution in [0.15, 0.2) is 36.4 Å². The summed E-state index contributed by atoms with van der Waals surface area (Å²) < 4.78 is 18.9. The van der Waals surface area contributed by atoms with Gasteiger partial charge in [-0.05, 0) is 67.8 Å². The number of aliphatic hydroxyl groups is 1. The standard InChI is InChI=1S/C22H29FN2O2/c1-16-12-17(2)18(3)22(13-16)27-15-21(26)14-24-8-10-25(11-9-24)20-6-4-19(23)5-7-20/h4-7,12-13,21,26H,8-11,14-15H2,1-3H3. The summed E-state index contributed by atoms with van der Waals surface area (Å²) >= 11 is 0. The Balaban J connectivity index is 1.45. The summed E-state index contributed by atoms with van der Waals surface area (Å²) in [5.74, 6) is 0.646.